The number of ether oxygens (including phenoxy) is 1. The minimum atomic E-state index is -0.116. The van der Waals surface area contributed by atoms with Crippen LogP contribution in [0.4, 0.5) is 11.6 Å². The Balaban J connectivity index is 1.85. The number of morpholine rings is 1. The van der Waals surface area contributed by atoms with Crippen molar-refractivity contribution in [3.63, 3.8) is 0 Å². The highest BCUT2D eigenvalue weighted by atomic mass is 16.5. The molecule has 2 aromatic rings. The Bertz CT molecular complexity index is 647. The number of rotatable bonds is 3. The molecule has 0 saturated carbocycles. The fourth-order valence-electron chi connectivity index (χ4n) is 2.56. The number of aromatic nitrogens is 4. The summed E-state index contributed by atoms with van der Waals surface area (Å²) in [5.74, 6) is 2.54. The molecule has 3 rings (SSSR count). The van der Waals surface area contributed by atoms with Crippen LogP contribution in [0.1, 0.15) is 17.6 Å². The first-order valence-corrected chi connectivity index (χ1v) is 7.29. The van der Waals surface area contributed by atoms with E-state index in [-0.39, 0.29) is 6.10 Å². The second-order valence-corrected chi connectivity index (χ2v) is 5.43. The van der Waals surface area contributed by atoms with Gasteiger partial charge in [-0.2, -0.15) is 0 Å². The first kappa shape index (κ1) is 14.6. The van der Waals surface area contributed by atoms with Gasteiger partial charge < -0.3 is 14.5 Å². The number of hydrogen-bond acceptors (Lipinski definition) is 7. The van der Waals surface area contributed by atoms with E-state index in [1.54, 1.807) is 18.6 Å². The molecule has 0 aliphatic carbocycles. The monoisotopic (exact) mass is 300 g/mol. The topological polar surface area (TPSA) is 67.3 Å². The standard InChI is InChI=1S/C15H20N6O/c1-11-16-5-4-13(19-11)21-8-9-22-12(10-21)14-15(20(2)3)18-7-6-17-14/h4-7,12H,8-10H2,1-3H3/t12-/m0/s1. The SMILES string of the molecule is Cc1nccc(N2CCO[C@H](c3nccnc3N(C)C)C2)n1. The molecule has 0 aromatic carbocycles. The van der Waals surface area contributed by atoms with Crippen LogP contribution in [0.5, 0.6) is 0 Å². The summed E-state index contributed by atoms with van der Waals surface area (Å²) in [4.78, 5) is 21.7. The summed E-state index contributed by atoms with van der Waals surface area (Å²) in [6.45, 7) is 4.05. The van der Waals surface area contributed by atoms with Crippen LogP contribution in [-0.4, -0.2) is 53.7 Å². The molecular weight excluding hydrogens is 280 g/mol. The van der Waals surface area contributed by atoms with Gasteiger partial charge in [-0.1, -0.05) is 0 Å². The molecule has 1 saturated heterocycles. The van der Waals surface area contributed by atoms with E-state index in [4.69, 9.17) is 4.74 Å². The molecular formula is C15H20N6O. The van der Waals surface area contributed by atoms with Gasteiger partial charge in [0.25, 0.3) is 0 Å². The van der Waals surface area contributed by atoms with Crippen LogP contribution in [0.3, 0.4) is 0 Å². The Labute approximate surface area is 130 Å². The number of hydrogen-bond donors (Lipinski definition) is 0. The third-order valence-corrected chi connectivity index (χ3v) is 3.59. The molecule has 7 nitrogen and oxygen atoms in total. The molecule has 1 fully saturated rings. The van der Waals surface area contributed by atoms with Gasteiger partial charge in [-0.25, -0.2) is 15.0 Å². The van der Waals surface area contributed by atoms with Gasteiger partial charge >= 0.3 is 0 Å². The van der Waals surface area contributed by atoms with Gasteiger partial charge in [-0.3, -0.25) is 4.98 Å². The summed E-state index contributed by atoms with van der Waals surface area (Å²) in [6.07, 6.45) is 5.08. The normalized spacial score (nSPS) is 18.3. The van der Waals surface area contributed by atoms with Gasteiger partial charge in [0.2, 0.25) is 0 Å². The fourth-order valence-corrected chi connectivity index (χ4v) is 2.56. The zero-order valence-electron chi connectivity index (χ0n) is 13.1. The minimum absolute atomic E-state index is 0.116. The van der Waals surface area contributed by atoms with Gasteiger partial charge in [0, 0.05) is 39.2 Å². The third kappa shape index (κ3) is 2.99. The van der Waals surface area contributed by atoms with Crippen molar-refractivity contribution in [2.24, 2.45) is 0 Å². The second kappa shape index (κ2) is 6.23. The predicted octanol–water partition coefficient (Wildman–Crippen LogP) is 1.22. The molecule has 0 unspecified atom stereocenters. The van der Waals surface area contributed by atoms with Crippen molar-refractivity contribution in [1.82, 2.24) is 19.9 Å². The third-order valence-electron chi connectivity index (χ3n) is 3.59. The molecule has 0 amide bonds. The molecule has 0 radical (unpaired) electrons. The van der Waals surface area contributed by atoms with E-state index < -0.39 is 0 Å². The van der Waals surface area contributed by atoms with Crippen LogP contribution in [0.15, 0.2) is 24.7 Å². The highest BCUT2D eigenvalue weighted by molar-refractivity contribution is 5.45. The molecule has 3 heterocycles. The number of aryl methyl sites for hydroxylation is 1. The van der Waals surface area contributed by atoms with E-state index in [2.05, 4.69) is 24.8 Å². The maximum atomic E-state index is 5.92. The number of anilines is 2. The summed E-state index contributed by atoms with van der Waals surface area (Å²) in [5.41, 5.74) is 0.864. The maximum absolute atomic E-state index is 5.92. The van der Waals surface area contributed by atoms with Gasteiger partial charge in [-0.05, 0) is 13.0 Å². The molecule has 1 atom stereocenters. The molecule has 22 heavy (non-hydrogen) atoms. The van der Waals surface area contributed by atoms with Crippen LogP contribution in [0.2, 0.25) is 0 Å². The molecule has 7 heteroatoms. The van der Waals surface area contributed by atoms with Crippen LogP contribution in [0.25, 0.3) is 0 Å². The average molecular weight is 300 g/mol. The van der Waals surface area contributed by atoms with Crippen molar-refractivity contribution in [3.8, 4) is 0 Å². The molecule has 2 aromatic heterocycles. The van der Waals surface area contributed by atoms with E-state index in [0.29, 0.717) is 13.2 Å². The molecule has 0 spiro atoms. The highest BCUT2D eigenvalue weighted by Crippen LogP contribution is 2.28. The smallest absolute Gasteiger partial charge is 0.152 e. The van der Waals surface area contributed by atoms with Crippen molar-refractivity contribution < 1.29 is 4.74 Å². The van der Waals surface area contributed by atoms with E-state index in [1.807, 2.05) is 32.0 Å². The Kier molecular flexibility index (Phi) is 4.15. The number of nitrogens with zero attached hydrogens (tertiary/aromatic N) is 6. The van der Waals surface area contributed by atoms with Crippen molar-refractivity contribution >= 4 is 11.6 Å². The van der Waals surface area contributed by atoms with Crippen molar-refractivity contribution in [2.45, 2.75) is 13.0 Å². The fraction of sp³-hybridized carbons (Fsp3) is 0.467. The zero-order chi connectivity index (χ0) is 15.5. The predicted molar refractivity (Wildman–Crippen MR) is 84.0 cm³/mol. The largest absolute Gasteiger partial charge is 0.368 e. The minimum Gasteiger partial charge on any atom is -0.368 e. The second-order valence-electron chi connectivity index (χ2n) is 5.43. The van der Waals surface area contributed by atoms with E-state index in [1.165, 1.54) is 0 Å². The van der Waals surface area contributed by atoms with Gasteiger partial charge in [0.05, 0.1) is 13.2 Å². The molecule has 0 N–H and O–H groups in total. The zero-order valence-corrected chi connectivity index (χ0v) is 13.1. The van der Waals surface area contributed by atoms with Crippen molar-refractivity contribution in [3.05, 3.63) is 36.2 Å². The van der Waals surface area contributed by atoms with Gasteiger partial charge in [0.15, 0.2) is 5.82 Å². The lowest BCUT2D eigenvalue weighted by atomic mass is 10.2. The quantitative estimate of drug-likeness (QED) is 0.844. The van der Waals surface area contributed by atoms with E-state index >= 15 is 0 Å². The Hall–Kier alpha value is -2.28. The Morgan fingerprint density at radius 3 is 2.77 bits per heavy atom. The van der Waals surface area contributed by atoms with Crippen molar-refractivity contribution in [1.29, 1.82) is 0 Å². The van der Waals surface area contributed by atoms with Gasteiger partial charge in [0.1, 0.15) is 23.4 Å². The summed E-state index contributed by atoms with van der Waals surface area (Å²) >= 11 is 0. The summed E-state index contributed by atoms with van der Waals surface area (Å²) in [5, 5.41) is 0. The van der Waals surface area contributed by atoms with Crippen LogP contribution in [-0.2, 0) is 4.74 Å². The van der Waals surface area contributed by atoms with E-state index in [0.717, 1.165) is 29.7 Å². The first-order chi connectivity index (χ1) is 10.6. The summed E-state index contributed by atoms with van der Waals surface area (Å²) < 4.78 is 5.92. The van der Waals surface area contributed by atoms with E-state index in [9.17, 15) is 0 Å². The van der Waals surface area contributed by atoms with Crippen LogP contribution in [0, 0.1) is 6.92 Å². The van der Waals surface area contributed by atoms with Crippen LogP contribution < -0.4 is 9.80 Å². The molecule has 1 aliphatic rings. The van der Waals surface area contributed by atoms with Crippen molar-refractivity contribution in [2.75, 3.05) is 43.6 Å². The molecule has 116 valence electrons. The Morgan fingerprint density at radius 2 is 2.00 bits per heavy atom. The Morgan fingerprint density at radius 1 is 1.18 bits per heavy atom. The lowest BCUT2D eigenvalue weighted by molar-refractivity contribution is 0.0369. The van der Waals surface area contributed by atoms with Crippen LogP contribution >= 0.6 is 0 Å². The highest BCUT2D eigenvalue weighted by Gasteiger charge is 2.27. The maximum Gasteiger partial charge on any atom is 0.152 e. The average Bonchev–Trinajstić information content (AvgIpc) is 2.55. The van der Waals surface area contributed by atoms with Gasteiger partial charge in [-0.15, -0.1) is 0 Å². The summed E-state index contributed by atoms with van der Waals surface area (Å²) in [6, 6.07) is 1.93. The molecule has 0 bridgehead atoms. The lowest BCUT2D eigenvalue weighted by Gasteiger charge is -2.34. The lowest BCUT2D eigenvalue weighted by Crippen LogP contribution is -2.39. The summed E-state index contributed by atoms with van der Waals surface area (Å²) in [7, 11) is 3.92. The molecule has 1 aliphatic heterocycles. The first-order valence-electron chi connectivity index (χ1n) is 7.29.